The molecule has 0 unspecified atom stereocenters. The van der Waals surface area contributed by atoms with Gasteiger partial charge in [-0.15, -0.1) is 10.2 Å². The lowest BCUT2D eigenvalue weighted by Gasteiger charge is -2.17. The van der Waals surface area contributed by atoms with E-state index in [1.54, 1.807) is 18.9 Å². The molecular formula is C23H21N3OS. The van der Waals surface area contributed by atoms with Crippen LogP contribution in [0.2, 0.25) is 0 Å². The highest BCUT2D eigenvalue weighted by Crippen LogP contribution is 2.40. The van der Waals surface area contributed by atoms with Crippen LogP contribution in [0.5, 0.6) is 5.75 Å². The van der Waals surface area contributed by atoms with Crippen LogP contribution in [0.25, 0.3) is 11.4 Å². The quantitative estimate of drug-likeness (QED) is 0.417. The third-order valence-electron chi connectivity index (χ3n) is 4.61. The van der Waals surface area contributed by atoms with E-state index in [0.717, 1.165) is 22.3 Å². The molecule has 0 aliphatic rings. The van der Waals surface area contributed by atoms with Crippen LogP contribution in [0.4, 0.5) is 0 Å². The van der Waals surface area contributed by atoms with Gasteiger partial charge < -0.3 is 9.30 Å². The lowest BCUT2D eigenvalue weighted by atomic mass is 10.0. The lowest BCUT2D eigenvalue weighted by molar-refractivity contribution is 0.416. The van der Waals surface area contributed by atoms with E-state index < -0.39 is 0 Å². The summed E-state index contributed by atoms with van der Waals surface area (Å²) in [5, 5.41) is 9.92. The SMILES string of the molecule is COc1ccccc1-c1nnc(SC(c2ccccc2)c2ccccc2)n1C. The second kappa shape index (κ2) is 8.31. The van der Waals surface area contributed by atoms with Gasteiger partial charge in [0.2, 0.25) is 0 Å². The number of aromatic nitrogens is 3. The predicted molar refractivity (Wildman–Crippen MR) is 114 cm³/mol. The van der Waals surface area contributed by atoms with E-state index >= 15 is 0 Å². The summed E-state index contributed by atoms with van der Waals surface area (Å²) < 4.78 is 7.52. The van der Waals surface area contributed by atoms with Crippen LogP contribution in [0.3, 0.4) is 0 Å². The smallest absolute Gasteiger partial charge is 0.192 e. The Balaban J connectivity index is 1.72. The van der Waals surface area contributed by atoms with Crippen molar-refractivity contribution in [2.24, 2.45) is 7.05 Å². The van der Waals surface area contributed by atoms with Crippen molar-refractivity contribution in [2.75, 3.05) is 7.11 Å². The van der Waals surface area contributed by atoms with E-state index in [1.807, 2.05) is 48.0 Å². The molecule has 5 heteroatoms. The zero-order valence-electron chi connectivity index (χ0n) is 15.8. The molecule has 0 bridgehead atoms. The molecule has 0 radical (unpaired) electrons. The molecule has 0 aliphatic carbocycles. The van der Waals surface area contributed by atoms with Crippen molar-refractivity contribution in [3.05, 3.63) is 96.1 Å². The first-order valence-corrected chi connectivity index (χ1v) is 9.95. The van der Waals surface area contributed by atoms with Crippen LogP contribution in [0, 0.1) is 0 Å². The van der Waals surface area contributed by atoms with E-state index in [-0.39, 0.29) is 5.25 Å². The Morgan fingerprint density at radius 3 is 1.96 bits per heavy atom. The van der Waals surface area contributed by atoms with Crippen LogP contribution < -0.4 is 4.74 Å². The first kappa shape index (κ1) is 18.3. The van der Waals surface area contributed by atoms with Crippen molar-refractivity contribution >= 4 is 11.8 Å². The molecule has 0 saturated heterocycles. The van der Waals surface area contributed by atoms with Gasteiger partial charge in [0.1, 0.15) is 5.75 Å². The molecule has 0 fully saturated rings. The van der Waals surface area contributed by atoms with E-state index in [9.17, 15) is 0 Å². The number of thioether (sulfide) groups is 1. The van der Waals surface area contributed by atoms with Gasteiger partial charge in [-0.2, -0.15) is 0 Å². The minimum atomic E-state index is 0.135. The average molecular weight is 388 g/mol. The highest BCUT2D eigenvalue weighted by Gasteiger charge is 2.21. The van der Waals surface area contributed by atoms with E-state index in [1.165, 1.54) is 11.1 Å². The van der Waals surface area contributed by atoms with Crippen molar-refractivity contribution in [1.29, 1.82) is 0 Å². The van der Waals surface area contributed by atoms with E-state index in [4.69, 9.17) is 4.74 Å². The topological polar surface area (TPSA) is 39.9 Å². The minimum absolute atomic E-state index is 0.135. The lowest BCUT2D eigenvalue weighted by Crippen LogP contribution is -2.01. The molecule has 0 atom stereocenters. The number of hydrogen-bond acceptors (Lipinski definition) is 4. The van der Waals surface area contributed by atoms with Gasteiger partial charge in [0.25, 0.3) is 0 Å². The average Bonchev–Trinajstić information content (AvgIpc) is 3.13. The predicted octanol–water partition coefficient (Wildman–Crippen LogP) is 5.37. The second-order valence-corrected chi connectivity index (χ2v) is 7.46. The van der Waals surface area contributed by atoms with Crippen molar-refractivity contribution in [2.45, 2.75) is 10.4 Å². The molecule has 3 aromatic carbocycles. The van der Waals surface area contributed by atoms with Crippen molar-refractivity contribution in [3.8, 4) is 17.1 Å². The maximum atomic E-state index is 5.50. The fourth-order valence-corrected chi connectivity index (χ4v) is 4.30. The van der Waals surface area contributed by atoms with Crippen LogP contribution in [0.1, 0.15) is 16.4 Å². The first-order chi connectivity index (χ1) is 13.8. The Labute approximate surface area is 169 Å². The fourth-order valence-electron chi connectivity index (χ4n) is 3.17. The van der Waals surface area contributed by atoms with Gasteiger partial charge in [0.15, 0.2) is 11.0 Å². The summed E-state index contributed by atoms with van der Waals surface area (Å²) in [6.07, 6.45) is 0. The van der Waals surface area contributed by atoms with Crippen LogP contribution in [-0.2, 0) is 7.05 Å². The Bertz CT molecular complexity index is 1010. The van der Waals surface area contributed by atoms with Crippen molar-refractivity contribution in [1.82, 2.24) is 14.8 Å². The van der Waals surface area contributed by atoms with Gasteiger partial charge in [-0.05, 0) is 23.3 Å². The molecule has 0 spiro atoms. The number of benzene rings is 3. The summed E-state index contributed by atoms with van der Waals surface area (Å²) in [6.45, 7) is 0. The van der Waals surface area contributed by atoms with Gasteiger partial charge >= 0.3 is 0 Å². The van der Waals surface area contributed by atoms with Crippen LogP contribution in [0.15, 0.2) is 90.1 Å². The molecule has 0 N–H and O–H groups in total. The molecule has 4 nitrogen and oxygen atoms in total. The normalized spacial score (nSPS) is 11.0. The molecule has 1 aromatic heterocycles. The highest BCUT2D eigenvalue weighted by molar-refractivity contribution is 7.99. The molecule has 140 valence electrons. The maximum absolute atomic E-state index is 5.50. The van der Waals surface area contributed by atoms with Gasteiger partial charge in [-0.3, -0.25) is 0 Å². The molecule has 1 heterocycles. The maximum Gasteiger partial charge on any atom is 0.192 e. The Kier molecular flexibility index (Phi) is 5.44. The summed E-state index contributed by atoms with van der Waals surface area (Å²) in [5.41, 5.74) is 3.41. The standard InChI is InChI=1S/C23H21N3OS/c1-26-22(19-15-9-10-16-20(19)27-2)24-25-23(26)28-21(17-11-5-3-6-12-17)18-13-7-4-8-14-18/h3-16,21H,1-2H3. The molecule has 4 aromatic rings. The summed E-state index contributed by atoms with van der Waals surface area (Å²) in [4.78, 5) is 0. The molecule has 0 aliphatic heterocycles. The number of nitrogens with zero attached hydrogens (tertiary/aromatic N) is 3. The number of rotatable bonds is 6. The molecular weight excluding hydrogens is 366 g/mol. The zero-order chi connectivity index (χ0) is 19.3. The van der Waals surface area contributed by atoms with Crippen LogP contribution >= 0.6 is 11.8 Å². The van der Waals surface area contributed by atoms with Crippen molar-refractivity contribution < 1.29 is 4.74 Å². The number of methoxy groups -OCH3 is 1. The molecule has 4 rings (SSSR count). The molecule has 28 heavy (non-hydrogen) atoms. The zero-order valence-corrected chi connectivity index (χ0v) is 16.6. The van der Waals surface area contributed by atoms with Gasteiger partial charge in [-0.25, -0.2) is 0 Å². The number of ether oxygens (including phenoxy) is 1. The fraction of sp³-hybridized carbons (Fsp3) is 0.130. The van der Waals surface area contributed by atoms with Gasteiger partial charge in [-0.1, -0.05) is 84.6 Å². The Morgan fingerprint density at radius 1 is 0.786 bits per heavy atom. The number of para-hydroxylation sites is 1. The van der Waals surface area contributed by atoms with Crippen LogP contribution in [-0.4, -0.2) is 21.9 Å². The first-order valence-electron chi connectivity index (χ1n) is 9.07. The summed E-state index contributed by atoms with van der Waals surface area (Å²) in [5.74, 6) is 1.58. The summed E-state index contributed by atoms with van der Waals surface area (Å²) in [7, 11) is 3.67. The minimum Gasteiger partial charge on any atom is -0.496 e. The monoisotopic (exact) mass is 387 g/mol. The van der Waals surface area contributed by atoms with Crippen molar-refractivity contribution in [3.63, 3.8) is 0 Å². The van der Waals surface area contributed by atoms with E-state index in [2.05, 4.69) is 58.7 Å². The van der Waals surface area contributed by atoms with Gasteiger partial charge in [0, 0.05) is 7.05 Å². The van der Waals surface area contributed by atoms with Gasteiger partial charge in [0.05, 0.1) is 17.9 Å². The molecule has 0 amide bonds. The largest absolute Gasteiger partial charge is 0.496 e. The van der Waals surface area contributed by atoms with E-state index in [0.29, 0.717) is 0 Å². The Morgan fingerprint density at radius 2 is 1.36 bits per heavy atom. The second-order valence-electron chi connectivity index (χ2n) is 6.38. The highest BCUT2D eigenvalue weighted by atomic mass is 32.2. The summed E-state index contributed by atoms with van der Waals surface area (Å²) >= 11 is 1.70. The third kappa shape index (κ3) is 3.66. The summed E-state index contributed by atoms with van der Waals surface area (Å²) in [6, 6.07) is 28.9. The third-order valence-corrected chi connectivity index (χ3v) is 5.96. The number of hydrogen-bond donors (Lipinski definition) is 0. The Hall–Kier alpha value is -3.05. The molecule has 0 saturated carbocycles.